The van der Waals surface area contributed by atoms with Crippen LogP contribution in [0.4, 0.5) is 0 Å². The summed E-state index contributed by atoms with van der Waals surface area (Å²) < 4.78 is 4.98. The van der Waals surface area contributed by atoms with Crippen molar-refractivity contribution in [3.05, 3.63) is 33.3 Å². The average Bonchev–Trinajstić information content (AvgIpc) is 2.33. The Labute approximate surface area is 117 Å². The van der Waals surface area contributed by atoms with Gasteiger partial charge in [-0.05, 0) is 18.2 Å². The Morgan fingerprint density at radius 1 is 1.50 bits per heavy atom. The summed E-state index contributed by atoms with van der Waals surface area (Å²) in [6.07, 6.45) is -1.39. The molecule has 18 heavy (non-hydrogen) atoms. The Morgan fingerprint density at radius 2 is 2.17 bits per heavy atom. The monoisotopic (exact) mass is 335 g/mol. The highest BCUT2D eigenvalue weighted by atomic mass is 79.9. The quantitative estimate of drug-likeness (QED) is 0.814. The molecule has 1 unspecified atom stereocenters. The van der Waals surface area contributed by atoms with E-state index in [2.05, 4.69) is 26.0 Å². The van der Waals surface area contributed by atoms with Gasteiger partial charge in [0.05, 0.1) is 13.7 Å². The zero-order valence-corrected chi connectivity index (χ0v) is 11.8. The van der Waals surface area contributed by atoms with Gasteiger partial charge in [0.1, 0.15) is 0 Å². The molecule has 1 atom stereocenters. The number of aliphatic hydroxyl groups excluding tert-OH is 1. The number of hydrogen-bond acceptors (Lipinski definition) is 4. The lowest BCUT2D eigenvalue weighted by molar-refractivity contribution is -0.149. The first-order chi connectivity index (χ1) is 8.43. The van der Waals surface area contributed by atoms with E-state index in [0.717, 1.165) is 7.11 Å². The summed E-state index contributed by atoms with van der Waals surface area (Å²) in [4.78, 5) is 22.6. The van der Waals surface area contributed by atoms with Crippen molar-refractivity contribution >= 4 is 39.4 Å². The molecule has 0 saturated carbocycles. The summed E-state index contributed by atoms with van der Waals surface area (Å²) in [5.41, 5.74) is 0.325. The summed E-state index contributed by atoms with van der Waals surface area (Å²) in [7, 11) is 1.15. The van der Waals surface area contributed by atoms with Crippen LogP contribution in [0.5, 0.6) is 0 Å². The van der Waals surface area contributed by atoms with Crippen molar-refractivity contribution in [2.75, 3.05) is 13.7 Å². The highest BCUT2D eigenvalue weighted by Gasteiger charge is 2.17. The van der Waals surface area contributed by atoms with Crippen molar-refractivity contribution in [3.8, 4) is 0 Å². The molecular formula is C11H11BrClNO4. The van der Waals surface area contributed by atoms with E-state index in [1.165, 1.54) is 6.07 Å². The molecule has 98 valence electrons. The molecule has 1 aromatic carbocycles. The number of esters is 1. The summed E-state index contributed by atoms with van der Waals surface area (Å²) in [6.45, 7) is -0.227. The summed E-state index contributed by atoms with van der Waals surface area (Å²) >= 11 is 9.00. The van der Waals surface area contributed by atoms with Gasteiger partial charge >= 0.3 is 5.97 Å². The van der Waals surface area contributed by atoms with Crippen LogP contribution in [-0.2, 0) is 9.53 Å². The van der Waals surface area contributed by atoms with Crippen LogP contribution in [0.25, 0.3) is 0 Å². The van der Waals surface area contributed by atoms with Crippen molar-refractivity contribution in [2.24, 2.45) is 0 Å². The number of benzene rings is 1. The van der Waals surface area contributed by atoms with E-state index < -0.39 is 18.0 Å². The Bertz CT molecular complexity index is 446. The maximum Gasteiger partial charge on any atom is 0.336 e. The number of amides is 1. The fourth-order valence-corrected chi connectivity index (χ4v) is 2.06. The van der Waals surface area contributed by atoms with E-state index in [-0.39, 0.29) is 6.54 Å². The Morgan fingerprint density at radius 3 is 2.72 bits per heavy atom. The molecule has 0 heterocycles. The lowest BCUT2D eigenvalue weighted by Gasteiger charge is -2.10. The number of hydrogen-bond donors (Lipinski definition) is 2. The molecule has 0 aromatic heterocycles. The molecule has 0 aliphatic rings. The van der Waals surface area contributed by atoms with Crippen LogP contribution < -0.4 is 5.32 Å². The Hall–Kier alpha value is -1.11. The van der Waals surface area contributed by atoms with Gasteiger partial charge in [-0.1, -0.05) is 27.5 Å². The molecule has 0 aliphatic heterocycles. The van der Waals surface area contributed by atoms with E-state index in [1.54, 1.807) is 12.1 Å². The van der Waals surface area contributed by atoms with Gasteiger partial charge in [0.15, 0.2) is 6.10 Å². The van der Waals surface area contributed by atoms with Crippen molar-refractivity contribution < 1.29 is 19.4 Å². The van der Waals surface area contributed by atoms with Crippen LogP contribution in [0.3, 0.4) is 0 Å². The molecule has 0 aliphatic carbocycles. The molecule has 1 amide bonds. The van der Waals surface area contributed by atoms with E-state index in [1.807, 2.05) is 0 Å². The highest BCUT2D eigenvalue weighted by molar-refractivity contribution is 9.10. The third-order valence-electron chi connectivity index (χ3n) is 2.05. The fourth-order valence-electron chi connectivity index (χ4n) is 1.20. The lowest BCUT2D eigenvalue weighted by atomic mass is 10.2. The van der Waals surface area contributed by atoms with Gasteiger partial charge < -0.3 is 15.2 Å². The number of ether oxygens (including phenoxy) is 1. The van der Waals surface area contributed by atoms with Crippen molar-refractivity contribution in [3.63, 3.8) is 0 Å². The maximum absolute atomic E-state index is 11.7. The predicted molar refractivity (Wildman–Crippen MR) is 69.5 cm³/mol. The second-order valence-corrected chi connectivity index (χ2v) is 4.76. The number of carbonyl (C=O) groups excluding carboxylic acids is 2. The summed E-state index contributed by atoms with van der Waals surface area (Å²) in [5.74, 6) is -1.25. The van der Waals surface area contributed by atoms with Crippen LogP contribution in [0.2, 0.25) is 5.02 Å². The first kappa shape index (κ1) is 14.9. The van der Waals surface area contributed by atoms with Crippen molar-refractivity contribution in [1.29, 1.82) is 0 Å². The van der Waals surface area contributed by atoms with Gasteiger partial charge in [-0.2, -0.15) is 0 Å². The van der Waals surface area contributed by atoms with E-state index in [0.29, 0.717) is 15.1 Å². The Balaban J connectivity index is 2.63. The molecule has 1 rings (SSSR count). The third kappa shape index (κ3) is 4.29. The molecule has 5 nitrogen and oxygen atoms in total. The first-order valence-corrected chi connectivity index (χ1v) is 6.11. The lowest BCUT2D eigenvalue weighted by Crippen LogP contribution is -2.37. The number of aliphatic hydroxyl groups is 1. The van der Waals surface area contributed by atoms with Gasteiger partial charge in [0.2, 0.25) is 0 Å². The number of halogens is 2. The van der Waals surface area contributed by atoms with Crippen LogP contribution in [-0.4, -0.2) is 36.7 Å². The van der Waals surface area contributed by atoms with Crippen LogP contribution >= 0.6 is 27.5 Å². The zero-order chi connectivity index (χ0) is 13.7. The van der Waals surface area contributed by atoms with E-state index in [4.69, 9.17) is 11.6 Å². The topological polar surface area (TPSA) is 75.6 Å². The standard InChI is InChI=1S/C11H11BrClNO4/c1-18-11(17)9(15)5-14-10(16)6-2-7(12)4-8(13)3-6/h2-4,9,15H,5H2,1H3,(H,14,16). The van der Waals surface area contributed by atoms with Crippen LogP contribution in [0.1, 0.15) is 10.4 Å². The predicted octanol–water partition coefficient (Wildman–Crippen LogP) is 1.37. The van der Waals surface area contributed by atoms with Crippen LogP contribution in [0.15, 0.2) is 22.7 Å². The second-order valence-electron chi connectivity index (χ2n) is 3.41. The SMILES string of the molecule is COC(=O)C(O)CNC(=O)c1cc(Cl)cc(Br)c1. The van der Waals surface area contributed by atoms with E-state index in [9.17, 15) is 14.7 Å². The highest BCUT2D eigenvalue weighted by Crippen LogP contribution is 2.19. The number of rotatable bonds is 4. The molecule has 0 radical (unpaired) electrons. The number of carbonyl (C=O) groups is 2. The first-order valence-electron chi connectivity index (χ1n) is 4.94. The smallest absolute Gasteiger partial charge is 0.336 e. The van der Waals surface area contributed by atoms with Gasteiger partial charge in [0, 0.05) is 15.1 Å². The fraction of sp³-hybridized carbons (Fsp3) is 0.273. The molecule has 2 N–H and O–H groups in total. The summed E-state index contributed by atoms with van der Waals surface area (Å²) in [5, 5.41) is 12.1. The number of nitrogens with one attached hydrogen (secondary N) is 1. The van der Waals surface area contributed by atoms with Crippen molar-refractivity contribution in [1.82, 2.24) is 5.32 Å². The molecule has 0 bridgehead atoms. The maximum atomic E-state index is 11.7. The minimum atomic E-state index is -1.39. The number of methoxy groups -OCH3 is 1. The molecule has 1 aromatic rings. The normalized spacial score (nSPS) is 11.8. The largest absolute Gasteiger partial charge is 0.467 e. The van der Waals surface area contributed by atoms with E-state index >= 15 is 0 Å². The van der Waals surface area contributed by atoms with Crippen LogP contribution in [0, 0.1) is 0 Å². The van der Waals surface area contributed by atoms with Gasteiger partial charge in [-0.15, -0.1) is 0 Å². The van der Waals surface area contributed by atoms with Gasteiger partial charge in [-0.25, -0.2) is 4.79 Å². The van der Waals surface area contributed by atoms with Gasteiger partial charge in [0.25, 0.3) is 5.91 Å². The zero-order valence-electron chi connectivity index (χ0n) is 9.44. The Kier molecular flexibility index (Phi) is 5.58. The third-order valence-corrected chi connectivity index (χ3v) is 2.73. The molecule has 7 heteroatoms. The molecule has 0 spiro atoms. The molecule has 0 fully saturated rings. The molecule has 0 saturated heterocycles. The molecular weight excluding hydrogens is 325 g/mol. The second kappa shape index (κ2) is 6.72. The van der Waals surface area contributed by atoms with Gasteiger partial charge in [-0.3, -0.25) is 4.79 Å². The summed E-state index contributed by atoms with van der Waals surface area (Å²) in [6, 6.07) is 4.69. The van der Waals surface area contributed by atoms with Crippen molar-refractivity contribution in [2.45, 2.75) is 6.10 Å². The minimum Gasteiger partial charge on any atom is -0.467 e. The minimum absolute atomic E-state index is 0.227. The average molecular weight is 337 g/mol.